The average Bonchev–Trinajstić information content (AvgIpc) is 2.45. The lowest BCUT2D eigenvalue weighted by molar-refractivity contribution is 0.0953. The smallest absolute Gasteiger partial charge is 0.254 e. The molecule has 1 amide bonds. The van der Waals surface area contributed by atoms with Crippen LogP contribution in [0, 0.1) is 6.92 Å². The quantitative estimate of drug-likeness (QED) is 0.517. The molecule has 0 bridgehead atoms. The Morgan fingerprint density at radius 1 is 1.71 bits per heavy atom. The standard InChI is InChI=1S/C9H14IN3O/c1-7-8(6-13(2)12-7)9(14)11-5-3-4-10/h6H,3-5H2,1-2H3,(H,11,14). The molecule has 0 radical (unpaired) electrons. The summed E-state index contributed by atoms with van der Waals surface area (Å²) < 4.78 is 2.71. The fraction of sp³-hybridized carbons (Fsp3) is 0.556. The zero-order chi connectivity index (χ0) is 10.6. The van der Waals surface area contributed by atoms with E-state index in [4.69, 9.17) is 0 Å². The molecule has 1 rings (SSSR count). The third-order valence-electron chi connectivity index (χ3n) is 1.85. The van der Waals surface area contributed by atoms with Gasteiger partial charge in [0.05, 0.1) is 11.3 Å². The van der Waals surface area contributed by atoms with Gasteiger partial charge in [-0.2, -0.15) is 5.10 Å². The van der Waals surface area contributed by atoms with E-state index in [9.17, 15) is 4.79 Å². The molecular weight excluding hydrogens is 293 g/mol. The van der Waals surface area contributed by atoms with Gasteiger partial charge in [-0.1, -0.05) is 22.6 Å². The van der Waals surface area contributed by atoms with Crippen molar-refractivity contribution in [3.63, 3.8) is 0 Å². The van der Waals surface area contributed by atoms with Crippen LogP contribution in [0.3, 0.4) is 0 Å². The maximum atomic E-state index is 11.6. The lowest BCUT2D eigenvalue weighted by atomic mass is 10.2. The molecule has 5 heteroatoms. The lowest BCUT2D eigenvalue weighted by Crippen LogP contribution is -2.24. The zero-order valence-electron chi connectivity index (χ0n) is 8.38. The van der Waals surface area contributed by atoms with Crippen molar-refractivity contribution in [1.82, 2.24) is 15.1 Å². The maximum absolute atomic E-state index is 11.6. The Hall–Kier alpha value is -0.590. The summed E-state index contributed by atoms with van der Waals surface area (Å²) in [7, 11) is 1.81. The zero-order valence-corrected chi connectivity index (χ0v) is 10.5. The predicted octanol–water partition coefficient (Wildman–Crippen LogP) is 1.28. The minimum Gasteiger partial charge on any atom is -0.352 e. The number of hydrogen-bond acceptors (Lipinski definition) is 2. The number of aromatic nitrogens is 2. The first-order valence-electron chi connectivity index (χ1n) is 4.49. The van der Waals surface area contributed by atoms with Gasteiger partial charge in [0.2, 0.25) is 0 Å². The van der Waals surface area contributed by atoms with Crippen LogP contribution >= 0.6 is 22.6 Å². The Morgan fingerprint density at radius 2 is 2.43 bits per heavy atom. The predicted molar refractivity (Wildman–Crippen MR) is 63.8 cm³/mol. The molecule has 0 aliphatic rings. The van der Waals surface area contributed by atoms with E-state index >= 15 is 0 Å². The number of rotatable bonds is 4. The molecule has 0 spiro atoms. The summed E-state index contributed by atoms with van der Waals surface area (Å²) in [6.07, 6.45) is 2.75. The Labute approximate surface area is 97.2 Å². The molecule has 0 atom stereocenters. The highest BCUT2D eigenvalue weighted by molar-refractivity contribution is 14.1. The van der Waals surface area contributed by atoms with Gasteiger partial charge in [-0.15, -0.1) is 0 Å². The number of aryl methyl sites for hydroxylation is 2. The molecule has 1 heterocycles. The van der Waals surface area contributed by atoms with E-state index in [1.807, 2.05) is 14.0 Å². The molecule has 4 nitrogen and oxygen atoms in total. The first-order chi connectivity index (χ1) is 6.65. The van der Waals surface area contributed by atoms with Crippen molar-refractivity contribution in [1.29, 1.82) is 0 Å². The van der Waals surface area contributed by atoms with Gasteiger partial charge in [-0.05, 0) is 13.3 Å². The minimum absolute atomic E-state index is 0.0274. The van der Waals surface area contributed by atoms with Crippen molar-refractivity contribution in [3.8, 4) is 0 Å². The van der Waals surface area contributed by atoms with Crippen LogP contribution in [-0.2, 0) is 7.05 Å². The number of hydrogen-bond donors (Lipinski definition) is 1. The van der Waals surface area contributed by atoms with Crippen LogP contribution in [-0.4, -0.2) is 26.7 Å². The summed E-state index contributed by atoms with van der Waals surface area (Å²) in [5.74, 6) is -0.0274. The largest absolute Gasteiger partial charge is 0.352 e. The molecule has 1 aromatic rings. The number of alkyl halides is 1. The van der Waals surface area contributed by atoms with Crippen molar-refractivity contribution in [2.24, 2.45) is 7.05 Å². The monoisotopic (exact) mass is 307 g/mol. The molecule has 0 saturated carbocycles. The fourth-order valence-corrected chi connectivity index (χ4v) is 1.57. The van der Waals surface area contributed by atoms with E-state index in [-0.39, 0.29) is 5.91 Å². The van der Waals surface area contributed by atoms with Crippen LogP contribution in [0.4, 0.5) is 0 Å². The van der Waals surface area contributed by atoms with E-state index in [1.165, 1.54) is 0 Å². The summed E-state index contributed by atoms with van der Waals surface area (Å²) in [6, 6.07) is 0. The number of carbonyl (C=O) groups is 1. The van der Waals surface area contributed by atoms with Gasteiger partial charge in [0.1, 0.15) is 0 Å². The number of carbonyl (C=O) groups excluding carboxylic acids is 1. The third-order valence-corrected chi connectivity index (χ3v) is 2.62. The normalized spacial score (nSPS) is 10.2. The van der Waals surface area contributed by atoms with Gasteiger partial charge >= 0.3 is 0 Å². The molecule has 0 aliphatic carbocycles. The first kappa shape index (κ1) is 11.5. The topological polar surface area (TPSA) is 46.9 Å². The molecule has 78 valence electrons. The first-order valence-corrected chi connectivity index (χ1v) is 6.02. The molecule has 0 unspecified atom stereocenters. The van der Waals surface area contributed by atoms with Crippen molar-refractivity contribution >= 4 is 28.5 Å². The average molecular weight is 307 g/mol. The van der Waals surface area contributed by atoms with E-state index < -0.39 is 0 Å². The SMILES string of the molecule is Cc1nn(C)cc1C(=O)NCCCI. The van der Waals surface area contributed by atoms with E-state index in [0.29, 0.717) is 5.56 Å². The van der Waals surface area contributed by atoms with E-state index in [0.717, 1.165) is 23.1 Å². The number of nitrogens with zero attached hydrogens (tertiary/aromatic N) is 2. The summed E-state index contributed by atoms with van der Waals surface area (Å²) in [4.78, 5) is 11.6. The Kier molecular flexibility index (Phi) is 4.37. The molecule has 0 fully saturated rings. The van der Waals surface area contributed by atoms with Gasteiger partial charge in [0, 0.05) is 24.2 Å². The second kappa shape index (κ2) is 5.33. The molecule has 1 aromatic heterocycles. The Morgan fingerprint density at radius 3 is 2.93 bits per heavy atom. The fourth-order valence-electron chi connectivity index (χ4n) is 1.19. The van der Waals surface area contributed by atoms with E-state index in [2.05, 4.69) is 33.0 Å². The summed E-state index contributed by atoms with van der Waals surface area (Å²) in [5.41, 5.74) is 1.44. The van der Waals surface area contributed by atoms with Crippen LogP contribution < -0.4 is 5.32 Å². The highest BCUT2D eigenvalue weighted by Gasteiger charge is 2.10. The molecule has 0 aromatic carbocycles. The van der Waals surface area contributed by atoms with Crippen LogP contribution in [0.5, 0.6) is 0 Å². The summed E-state index contributed by atoms with van der Waals surface area (Å²) >= 11 is 2.29. The number of nitrogens with one attached hydrogen (secondary N) is 1. The van der Waals surface area contributed by atoms with Gasteiger partial charge in [-0.3, -0.25) is 9.48 Å². The minimum atomic E-state index is -0.0274. The summed E-state index contributed by atoms with van der Waals surface area (Å²) in [6.45, 7) is 2.57. The molecular formula is C9H14IN3O. The van der Waals surface area contributed by atoms with Gasteiger partial charge in [0.25, 0.3) is 5.91 Å². The van der Waals surface area contributed by atoms with Crippen molar-refractivity contribution in [2.75, 3.05) is 11.0 Å². The second-order valence-corrected chi connectivity index (χ2v) is 4.18. The lowest BCUT2D eigenvalue weighted by Gasteiger charge is -2.01. The number of amides is 1. The van der Waals surface area contributed by atoms with Gasteiger partial charge in [0.15, 0.2) is 0 Å². The van der Waals surface area contributed by atoms with Gasteiger partial charge in [-0.25, -0.2) is 0 Å². The molecule has 0 aliphatic heterocycles. The third kappa shape index (κ3) is 2.97. The van der Waals surface area contributed by atoms with Gasteiger partial charge < -0.3 is 5.32 Å². The highest BCUT2D eigenvalue weighted by atomic mass is 127. The molecule has 1 N–H and O–H groups in total. The van der Waals surface area contributed by atoms with Crippen molar-refractivity contribution in [2.45, 2.75) is 13.3 Å². The Balaban J connectivity index is 2.56. The van der Waals surface area contributed by atoms with Crippen molar-refractivity contribution < 1.29 is 4.79 Å². The maximum Gasteiger partial charge on any atom is 0.254 e. The van der Waals surface area contributed by atoms with Crippen LogP contribution in [0.15, 0.2) is 6.20 Å². The van der Waals surface area contributed by atoms with Crippen LogP contribution in [0.1, 0.15) is 22.5 Å². The molecule has 14 heavy (non-hydrogen) atoms. The van der Waals surface area contributed by atoms with Crippen LogP contribution in [0.25, 0.3) is 0 Å². The van der Waals surface area contributed by atoms with Crippen LogP contribution in [0.2, 0.25) is 0 Å². The second-order valence-electron chi connectivity index (χ2n) is 3.10. The Bertz CT molecular complexity index is 322. The van der Waals surface area contributed by atoms with Crippen molar-refractivity contribution in [3.05, 3.63) is 17.5 Å². The highest BCUT2D eigenvalue weighted by Crippen LogP contribution is 2.03. The number of halogens is 1. The molecule has 0 saturated heterocycles. The summed E-state index contributed by atoms with van der Waals surface area (Å²) in [5, 5.41) is 6.97. The van der Waals surface area contributed by atoms with E-state index in [1.54, 1.807) is 10.9 Å².